The van der Waals surface area contributed by atoms with Gasteiger partial charge in [0.1, 0.15) is 6.04 Å². The lowest BCUT2D eigenvalue weighted by Crippen LogP contribution is -2.44. The van der Waals surface area contributed by atoms with Crippen LogP contribution in [0.2, 0.25) is 0 Å². The predicted molar refractivity (Wildman–Crippen MR) is 65.5 cm³/mol. The van der Waals surface area contributed by atoms with Crippen LogP contribution in [0.4, 0.5) is 0 Å². The second-order valence-electron chi connectivity index (χ2n) is 5.03. The van der Waals surface area contributed by atoms with Gasteiger partial charge in [0.25, 0.3) is 0 Å². The van der Waals surface area contributed by atoms with Crippen LogP contribution < -0.4 is 5.32 Å². The number of nitrogens with one attached hydrogen (secondary N) is 1. The highest BCUT2D eigenvalue weighted by Crippen LogP contribution is 2.27. The maximum Gasteiger partial charge on any atom is 0.320 e. The molecule has 1 aliphatic rings. The monoisotopic (exact) mass is 227 g/mol. The van der Waals surface area contributed by atoms with Crippen molar-refractivity contribution in [3.8, 4) is 0 Å². The molecule has 0 spiro atoms. The molecule has 16 heavy (non-hydrogen) atoms. The van der Waals surface area contributed by atoms with E-state index in [2.05, 4.69) is 19.2 Å². The summed E-state index contributed by atoms with van der Waals surface area (Å²) >= 11 is 0. The van der Waals surface area contributed by atoms with Gasteiger partial charge in [-0.2, -0.15) is 0 Å². The van der Waals surface area contributed by atoms with E-state index in [0.29, 0.717) is 12.0 Å². The highest BCUT2D eigenvalue weighted by molar-refractivity contribution is 5.73. The van der Waals surface area contributed by atoms with Gasteiger partial charge in [-0.25, -0.2) is 0 Å². The lowest BCUT2D eigenvalue weighted by Gasteiger charge is -2.24. The van der Waals surface area contributed by atoms with Gasteiger partial charge in [0.05, 0.1) is 0 Å². The number of carboxylic acids is 1. The van der Waals surface area contributed by atoms with Crippen LogP contribution in [0.1, 0.15) is 58.8 Å². The van der Waals surface area contributed by atoms with E-state index >= 15 is 0 Å². The minimum absolute atomic E-state index is 0.348. The molecule has 0 aromatic rings. The van der Waals surface area contributed by atoms with Gasteiger partial charge in [-0.15, -0.1) is 0 Å². The van der Waals surface area contributed by atoms with E-state index < -0.39 is 5.97 Å². The van der Waals surface area contributed by atoms with Crippen LogP contribution >= 0.6 is 0 Å². The summed E-state index contributed by atoms with van der Waals surface area (Å²) < 4.78 is 0. The quantitative estimate of drug-likeness (QED) is 0.703. The average Bonchev–Trinajstić information content (AvgIpc) is 2.76. The summed E-state index contributed by atoms with van der Waals surface area (Å²) in [6, 6.07) is -0.00370. The Morgan fingerprint density at radius 1 is 1.44 bits per heavy atom. The van der Waals surface area contributed by atoms with Crippen LogP contribution in [0, 0.1) is 5.92 Å². The van der Waals surface area contributed by atoms with Crippen molar-refractivity contribution in [3.05, 3.63) is 0 Å². The van der Waals surface area contributed by atoms with Gasteiger partial charge < -0.3 is 10.4 Å². The summed E-state index contributed by atoms with van der Waals surface area (Å²) in [4.78, 5) is 11.1. The highest BCUT2D eigenvalue weighted by atomic mass is 16.4. The smallest absolute Gasteiger partial charge is 0.320 e. The third-order valence-corrected chi connectivity index (χ3v) is 3.72. The second-order valence-corrected chi connectivity index (χ2v) is 5.03. The van der Waals surface area contributed by atoms with E-state index in [0.717, 1.165) is 19.3 Å². The third-order valence-electron chi connectivity index (χ3n) is 3.72. The summed E-state index contributed by atoms with van der Waals surface area (Å²) in [5.41, 5.74) is 0. The molecule has 0 saturated heterocycles. The van der Waals surface area contributed by atoms with Crippen molar-refractivity contribution in [2.45, 2.75) is 70.9 Å². The van der Waals surface area contributed by atoms with Crippen molar-refractivity contribution < 1.29 is 9.90 Å². The first-order chi connectivity index (χ1) is 7.65. The van der Waals surface area contributed by atoms with E-state index in [1.807, 2.05) is 0 Å². The molecule has 1 rings (SSSR count). The number of unbranched alkanes of at least 4 members (excludes halogenated alkanes) is 1. The summed E-state index contributed by atoms with van der Waals surface area (Å²) in [7, 11) is 0. The van der Waals surface area contributed by atoms with Gasteiger partial charge in [-0.3, -0.25) is 4.79 Å². The minimum atomic E-state index is -0.696. The molecular formula is C13H25NO2. The van der Waals surface area contributed by atoms with Crippen molar-refractivity contribution in [2.24, 2.45) is 5.92 Å². The Hall–Kier alpha value is -0.570. The van der Waals surface area contributed by atoms with Crippen LogP contribution in [-0.4, -0.2) is 23.2 Å². The van der Waals surface area contributed by atoms with E-state index in [9.17, 15) is 4.79 Å². The van der Waals surface area contributed by atoms with Crippen LogP contribution in [-0.2, 0) is 4.79 Å². The van der Waals surface area contributed by atoms with Gasteiger partial charge >= 0.3 is 5.97 Å². The Labute approximate surface area is 98.6 Å². The number of hydrogen-bond acceptors (Lipinski definition) is 2. The lowest BCUT2D eigenvalue weighted by atomic mass is 9.98. The van der Waals surface area contributed by atoms with Crippen LogP contribution in [0.25, 0.3) is 0 Å². The third kappa shape index (κ3) is 4.12. The maximum atomic E-state index is 11.1. The van der Waals surface area contributed by atoms with Gasteiger partial charge in [-0.1, -0.05) is 32.6 Å². The summed E-state index contributed by atoms with van der Waals surface area (Å²) in [6.45, 7) is 4.23. The first kappa shape index (κ1) is 13.5. The molecule has 1 aliphatic carbocycles. The van der Waals surface area contributed by atoms with Crippen LogP contribution in [0.3, 0.4) is 0 Å². The second kappa shape index (κ2) is 6.89. The molecule has 2 N–H and O–H groups in total. The van der Waals surface area contributed by atoms with Crippen molar-refractivity contribution in [1.29, 1.82) is 0 Å². The number of carboxylic acid groups (broad SMARTS) is 1. The van der Waals surface area contributed by atoms with Gasteiger partial charge in [0.15, 0.2) is 0 Å². The predicted octanol–water partition coefficient (Wildman–Crippen LogP) is 2.80. The molecule has 1 saturated carbocycles. The van der Waals surface area contributed by atoms with Crippen LogP contribution in [0.5, 0.6) is 0 Å². The Morgan fingerprint density at radius 3 is 2.56 bits per heavy atom. The van der Waals surface area contributed by atoms with Gasteiger partial charge in [0.2, 0.25) is 0 Å². The molecule has 0 radical (unpaired) electrons. The van der Waals surface area contributed by atoms with Crippen molar-refractivity contribution >= 4 is 5.97 Å². The molecule has 3 nitrogen and oxygen atoms in total. The SMILES string of the molecule is CCCCC(N[C@@H](C)C1CCCC1)C(=O)O. The first-order valence-corrected chi connectivity index (χ1v) is 6.64. The largest absolute Gasteiger partial charge is 0.480 e. The zero-order valence-corrected chi connectivity index (χ0v) is 10.5. The van der Waals surface area contributed by atoms with E-state index in [4.69, 9.17) is 5.11 Å². The first-order valence-electron chi connectivity index (χ1n) is 6.64. The van der Waals surface area contributed by atoms with E-state index in [1.165, 1.54) is 25.7 Å². The minimum Gasteiger partial charge on any atom is -0.480 e. The molecule has 3 heteroatoms. The maximum absolute atomic E-state index is 11.1. The molecule has 0 heterocycles. The molecule has 0 bridgehead atoms. The number of hydrogen-bond donors (Lipinski definition) is 2. The molecule has 0 amide bonds. The Balaban J connectivity index is 2.37. The standard InChI is InChI=1S/C13H25NO2/c1-3-4-9-12(13(15)16)14-10(2)11-7-5-6-8-11/h10-12,14H,3-9H2,1-2H3,(H,15,16)/t10-,12?/m0/s1. The van der Waals surface area contributed by atoms with E-state index in [-0.39, 0.29) is 6.04 Å². The molecular weight excluding hydrogens is 202 g/mol. The summed E-state index contributed by atoms with van der Waals surface area (Å²) in [6.07, 6.45) is 7.93. The number of aliphatic carboxylic acids is 1. The van der Waals surface area contributed by atoms with Crippen molar-refractivity contribution in [3.63, 3.8) is 0 Å². The summed E-state index contributed by atoms with van der Waals surface area (Å²) in [5, 5.41) is 12.4. The molecule has 94 valence electrons. The fourth-order valence-electron chi connectivity index (χ4n) is 2.60. The Kier molecular flexibility index (Phi) is 5.81. The molecule has 1 unspecified atom stereocenters. The topological polar surface area (TPSA) is 49.3 Å². The zero-order chi connectivity index (χ0) is 12.0. The molecule has 0 aliphatic heterocycles. The molecule has 1 fully saturated rings. The Bertz CT molecular complexity index is 212. The van der Waals surface area contributed by atoms with Gasteiger partial charge in [0, 0.05) is 6.04 Å². The lowest BCUT2D eigenvalue weighted by molar-refractivity contribution is -0.140. The highest BCUT2D eigenvalue weighted by Gasteiger charge is 2.25. The van der Waals surface area contributed by atoms with Crippen molar-refractivity contribution in [2.75, 3.05) is 0 Å². The van der Waals surface area contributed by atoms with Gasteiger partial charge in [-0.05, 0) is 32.1 Å². The molecule has 0 aromatic carbocycles. The fourth-order valence-corrected chi connectivity index (χ4v) is 2.60. The fraction of sp³-hybridized carbons (Fsp3) is 0.923. The van der Waals surface area contributed by atoms with E-state index in [1.54, 1.807) is 0 Å². The summed E-state index contributed by atoms with van der Waals surface area (Å²) in [5.74, 6) is -0.0122. The normalized spacial score (nSPS) is 20.9. The average molecular weight is 227 g/mol. The number of carbonyl (C=O) groups is 1. The number of rotatable bonds is 7. The molecule has 0 aromatic heterocycles. The zero-order valence-electron chi connectivity index (χ0n) is 10.5. The van der Waals surface area contributed by atoms with Crippen LogP contribution in [0.15, 0.2) is 0 Å². The molecule has 2 atom stereocenters. The van der Waals surface area contributed by atoms with Crippen molar-refractivity contribution in [1.82, 2.24) is 5.32 Å². The Morgan fingerprint density at radius 2 is 2.06 bits per heavy atom.